The van der Waals surface area contributed by atoms with Crippen LogP contribution in [0.3, 0.4) is 0 Å². The van der Waals surface area contributed by atoms with Gasteiger partial charge < -0.3 is 10.1 Å². The number of hydrogen-bond donors (Lipinski definition) is 1. The summed E-state index contributed by atoms with van der Waals surface area (Å²) in [5, 5.41) is 6.59. The lowest BCUT2D eigenvalue weighted by Gasteiger charge is -2.10. The van der Waals surface area contributed by atoms with E-state index in [0.29, 0.717) is 0 Å². The summed E-state index contributed by atoms with van der Waals surface area (Å²) in [5.41, 5.74) is 0.574. The molecule has 4 aromatic rings. The number of nitrogens with one attached hydrogen (secondary N) is 1. The Balaban J connectivity index is 1.68. The minimum Gasteiger partial charge on any atom is -0.454 e. The number of nitrogens with zero attached hydrogens (tertiary/aromatic N) is 5. The molecule has 1 N–H and O–H groups in total. The van der Waals surface area contributed by atoms with Crippen molar-refractivity contribution in [3.05, 3.63) is 72.1 Å². The van der Waals surface area contributed by atoms with Crippen molar-refractivity contribution in [3.63, 3.8) is 0 Å². The number of rotatable bonds is 4. The van der Waals surface area contributed by atoms with Crippen LogP contribution in [0.1, 0.15) is 16.1 Å². The van der Waals surface area contributed by atoms with Crippen LogP contribution in [-0.4, -0.2) is 30.5 Å². The lowest BCUT2D eigenvalue weighted by Crippen LogP contribution is -2.15. The second kappa shape index (κ2) is 6.99. The fourth-order valence-corrected chi connectivity index (χ4v) is 2.51. The Bertz CT molecular complexity index is 1190. The molecule has 4 heterocycles. The van der Waals surface area contributed by atoms with E-state index < -0.39 is 17.5 Å². The predicted molar refractivity (Wildman–Crippen MR) is 94.1 cm³/mol. The van der Waals surface area contributed by atoms with E-state index in [0.717, 1.165) is 12.3 Å². The minimum absolute atomic E-state index is 0.142. The molecule has 8 nitrogen and oxygen atoms in total. The van der Waals surface area contributed by atoms with Crippen LogP contribution in [0.2, 0.25) is 0 Å². The summed E-state index contributed by atoms with van der Waals surface area (Å²) in [6, 6.07) is 5.14. The highest BCUT2D eigenvalue weighted by atomic mass is 19.1. The maximum Gasteiger partial charge on any atom is 0.260 e. The minimum atomic E-state index is -0.560. The number of amides is 1. The molecule has 4 aromatic heterocycles. The van der Waals surface area contributed by atoms with E-state index in [9.17, 15) is 13.6 Å². The van der Waals surface area contributed by atoms with Gasteiger partial charge in [0.15, 0.2) is 5.65 Å². The standard InChI is InChI=1S/C18H12F2N6O2/c1-10-15(20)2-3-16(24-10)25-18(27)14-5-13(8-26-17(14)22-9-23-26)28-12-4-11(19)6-21-7-12/h2-9H,1H3,(H,24,25,27). The highest BCUT2D eigenvalue weighted by Crippen LogP contribution is 2.24. The third kappa shape index (κ3) is 3.47. The SMILES string of the molecule is Cc1nc(NC(=O)c2cc(Oc3cncc(F)c3)cn3ncnc23)ccc1F. The maximum atomic E-state index is 13.4. The van der Waals surface area contributed by atoms with E-state index >= 15 is 0 Å². The van der Waals surface area contributed by atoms with Gasteiger partial charge in [0.25, 0.3) is 5.91 Å². The second-order valence-electron chi connectivity index (χ2n) is 5.78. The fourth-order valence-electron chi connectivity index (χ4n) is 2.51. The van der Waals surface area contributed by atoms with Crippen molar-refractivity contribution < 1.29 is 18.3 Å². The normalized spacial score (nSPS) is 10.8. The largest absolute Gasteiger partial charge is 0.454 e. The van der Waals surface area contributed by atoms with Crippen LogP contribution in [0.5, 0.6) is 11.5 Å². The number of aromatic nitrogens is 5. The smallest absolute Gasteiger partial charge is 0.260 e. The fraction of sp³-hybridized carbons (Fsp3) is 0.0556. The topological polar surface area (TPSA) is 94.3 Å². The predicted octanol–water partition coefficient (Wildman–Crippen LogP) is 3.15. The summed E-state index contributed by atoms with van der Waals surface area (Å²) in [6.07, 6.45) is 5.15. The number of carbonyl (C=O) groups excluding carboxylic acids is 1. The average molecular weight is 382 g/mol. The van der Waals surface area contributed by atoms with Gasteiger partial charge >= 0.3 is 0 Å². The maximum absolute atomic E-state index is 13.4. The Kier molecular flexibility index (Phi) is 4.36. The zero-order valence-electron chi connectivity index (χ0n) is 14.4. The van der Waals surface area contributed by atoms with E-state index in [1.807, 2.05) is 0 Å². The lowest BCUT2D eigenvalue weighted by atomic mass is 10.2. The van der Waals surface area contributed by atoms with Crippen molar-refractivity contribution in [2.75, 3.05) is 5.32 Å². The van der Waals surface area contributed by atoms with E-state index in [4.69, 9.17) is 4.74 Å². The second-order valence-corrected chi connectivity index (χ2v) is 5.78. The molecular weight excluding hydrogens is 370 g/mol. The van der Waals surface area contributed by atoms with Crippen molar-refractivity contribution in [1.29, 1.82) is 0 Å². The van der Waals surface area contributed by atoms with Gasteiger partial charge in [-0.25, -0.2) is 23.3 Å². The number of carbonyl (C=O) groups is 1. The van der Waals surface area contributed by atoms with Crippen LogP contribution < -0.4 is 10.1 Å². The van der Waals surface area contributed by atoms with Crippen molar-refractivity contribution in [3.8, 4) is 11.5 Å². The Morgan fingerprint density at radius 3 is 2.82 bits per heavy atom. The monoisotopic (exact) mass is 382 g/mol. The van der Waals surface area contributed by atoms with Gasteiger partial charge in [-0.1, -0.05) is 0 Å². The molecule has 140 valence electrons. The van der Waals surface area contributed by atoms with Gasteiger partial charge in [0.05, 0.1) is 29.8 Å². The summed E-state index contributed by atoms with van der Waals surface area (Å²) in [6.45, 7) is 1.49. The number of halogens is 2. The molecule has 0 fully saturated rings. The molecule has 0 aromatic carbocycles. The zero-order chi connectivity index (χ0) is 19.7. The first-order chi connectivity index (χ1) is 13.5. The molecule has 0 bridgehead atoms. The van der Waals surface area contributed by atoms with Crippen LogP contribution >= 0.6 is 0 Å². The van der Waals surface area contributed by atoms with Crippen LogP contribution in [0.25, 0.3) is 5.65 Å². The molecule has 0 radical (unpaired) electrons. The first-order valence-corrected chi connectivity index (χ1v) is 8.06. The first-order valence-electron chi connectivity index (χ1n) is 8.06. The molecule has 0 spiro atoms. The molecule has 0 aliphatic carbocycles. The molecule has 0 aliphatic heterocycles. The molecule has 28 heavy (non-hydrogen) atoms. The van der Waals surface area contributed by atoms with E-state index in [-0.39, 0.29) is 34.2 Å². The van der Waals surface area contributed by atoms with Crippen molar-refractivity contribution in [2.45, 2.75) is 6.92 Å². The summed E-state index contributed by atoms with van der Waals surface area (Å²) in [5.74, 6) is -1.02. The first kappa shape index (κ1) is 17.5. The Morgan fingerprint density at radius 2 is 2.04 bits per heavy atom. The zero-order valence-corrected chi connectivity index (χ0v) is 14.4. The Hall–Kier alpha value is -3.95. The van der Waals surface area contributed by atoms with Crippen LogP contribution in [0.4, 0.5) is 14.6 Å². The number of hydrogen-bond acceptors (Lipinski definition) is 6. The third-order valence-corrected chi connectivity index (χ3v) is 3.77. The van der Waals surface area contributed by atoms with Gasteiger partial charge in [-0.2, -0.15) is 5.10 Å². The van der Waals surface area contributed by atoms with Gasteiger partial charge in [-0.05, 0) is 25.1 Å². The summed E-state index contributed by atoms with van der Waals surface area (Å²) in [4.78, 5) is 24.5. The Morgan fingerprint density at radius 1 is 1.18 bits per heavy atom. The van der Waals surface area contributed by atoms with Crippen LogP contribution in [0, 0.1) is 18.6 Å². The van der Waals surface area contributed by atoms with E-state index in [1.165, 1.54) is 48.4 Å². The molecule has 1 amide bonds. The van der Waals surface area contributed by atoms with Crippen LogP contribution in [-0.2, 0) is 0 Å². The van der Waals surface area contributed by atoms with Gasteiger partial charge in [-0.15, -0.1) is 0 Å². The van der Waals surface area contributed by atoms with Gasteiger partial charge in [0, 0.05) is 6.07 Å². The summed E-state index contributed by atoms with van der Waals surface area (Å²) < 4.78 is 33.6. The van der Waals surface area contributed by atoms with Gasteiger partial charge in [0.2, 0.25) is 0 Å². The van der Waals surface area contributed by atoms with Crippen LogP contribution in [0.15, 0.2) is 49.2 Å². The molecule has 10 heteroatoms. The average Bonchev–Trinajstić information content (AvgIpc) is 3.12. The number of ether oxygens (including phenoxy) is 1. The van der Waals surface area contributed by atoms with Crippen molar-refractivity contribution >= 4 is 17.4 Å². The summed E-state index contributed by atoms with van der Waals surface area (Å²) in [7, 11) is 0. The van der Waals surface area contributed by atoms with Crippen molar-refractivity contribution in [1.82, 2.24) is 24.6 Å². The highest BCUT2D eigenvalue weighted by molar-refractivity contribution is 6.08. The molecule has 0 atom stereocenters. The number of fused-ring (bicyclic) bond motifs is 1. The van der Waals surface area contributed by atoms with Crippen molar-refractivity contribution in [2.24, 2.45) is 0 Å². The summed E-state index contributed by atoms with van der Waals surface area (Å²) >= 11 is 0. The lowest BCUT2D eigenvalue weighted by molar-refractivity contribution is 0.102. The molecule has 4 rings (SSSR count). The molecule has 0 aliphatic rings. The van der Waals surface area contributed by atoms with Gasteiger partial charge in [-0.3, -0.25) is 9.78 Å². The quantitative estimate of drug-likeness (QED) is 0.583. The molecule has 0 saturated carbocycles. The molecule has 0 saturated heterocycles. The van der Waals surface area contributed by atoms with Gasteiger partial charge in [0.1, 0.15) is 35.3 Å². The van der Waals surface area contributed by atoms with E-state index in [1.54, 1.807) is 0 Å². The number of aryl methyl sites for hydroxylation is 1. The van der Waals surface area contributed by atoms with E-state index in [2.05, 4.69) is 25.4 Å². The third-order valence-electron chi connectivity index (χ3n) is 3.77. The Labute approximate surface area is 156 Å². The molecule has 0 unspecified atom stereocenters. The molecular formula is C18H12F2N6O2. The number of pyridine rings is 3. The highest BCUT2D eigenvalue weighted by Gasteiger charge is 2.16. The number of anilines is 1.